The van der Waals surface area contributed by atoms with Gasteiger partial charge < -0.3 is 10.1 Å². The number of halogens is 3. The van der Waals surface area contributed by atoms with Crippen LogP contribution < -0.4 is 5.32 Å². The molecule has 1 N–H and O–H groups in total. The minimum atomic E-state index is -0.584. The zero-order valence-corrected chi connectivity index (χ0v) is 15.8. The lowest BCUT2D eigenvalue weighted by Crippen LogP contribution is -2.26. The standard InChI is InChI=1S/C19H18Cl2FNO3/c1-11(2)18(12-3-5-13(20)6-4-12)19(25)26-10-17(24)23-14-7-8-16(22)15(21)9-14/h3-9,11,18H,10H2,1-2H3,(H,23,24)/t18-/m1/s1. The lowest BCUT2D eigenvalue weighted by atomic mass is 9.88. The number of esters is 1. The van der Waals surface area contributed by atoms with E-state index in [1.54, 1.807) is 24.3 Å². The molecule has 0 aliphatic heterocycles. The van der Waals surface area contributed by atoms with Crippen molar-refractivity contribution in [2.75, 3.05) is 11.9 Å². The number of hydrogen-bond acceptors (Lipinski definition) is 3. The van der Waals surface area contributed by atoms with Crippen molar-refractivity contribution in [3.63, 3.8) is 0 Å². The number of hydrogen-bond donors (Lipinski definition) is 1. The molecule has 0 unspecified atom stereocenters. The molecule has 4 nitrogen and oxygen atoms in total. The molecule has 0 bridgehead atoms. The molecule has 1 atom stereocenters. The fourth-order valence-electron chi connectivity index (χ4n) is 2.46. The Morgan fingerprint density at radius 2 is 1.77 bits per heavy atom. The summed E-state index contributed by atoms with van der Waals surface area (Å²) in [5.41, 5.74) is 1.08. The highest BCUT2D eigenvalue weighted by atomic mass is 35.5. The van der Waals surface area contributed by atoms with Gasteiger partial charge in [-0.3, -0.25) is 9.59 Å². The summed E-state index contributed by atoms with van der Waals surface area (Å²) in [6.45, 7) is 3.33. The van der Waals surface area contributed by atoms with E-state index < -0.39 is 30.2 Å². The van der Waals surface area contributed by atoms with Gasteiger partial charge >= 0.3 is 5.97 Å². The first-order chi connectivity index (χ1) is 12.3. The molecule has 2 aromatic rings. The van der Waals surface area contributed by atoms with Crippen molar-refractivity contribution in [3.05, 3.63) is 63.9 Å². The van der Waals surface area contributed by atoms with Gasteiger partial charge in [0, 0.05) is 10.7 Å². The Kier molecular flexibility index (Phi) is 7.00. The smallest absolute Gasteiger partial charge is 0.314 e. The van der Waals surface area contributed by atoms with Crippen molar-refractivity contribution < 1.29 is 18.7 Å². The number of rotatable bonds is 6. The van der Waals surface area contributed by atoms with Gasteiger partial charge in [-0.1, -0.05) is 49.2 Å². The maximum atomic E-state index is 13.1. The summed E-state index contributed by atoms with van der Waals surface area (Å²) in [4.78, 5) is 24.4. The van der Waals surface area contributed by atoms with Crippen LogP contribution in [0.3, 0.4) is 0 Å². The molecule has 0 aromatic heterocycles. The van der Waals surface area contributed by atoms with Crippen LogP contribution in [0.1, 0.15) is 25.3 Å². The number of nitrogens with one attached hydrogen (secondary N) is 1. The van der Waals surface area contributed by atoms with Gasteiger partial charge in [0.1, 0.15) is 5.82 Å². The zero-order valence-electron chi connectivity index (χ0n) is 14.3. The van der Waals surface area contributed by atoms with Gasteiger partial charge in [-0.15, -0.1) is 0 Å². The molecule has 2 rings (SSSR count). The minimum Gasteiger partial charge on any atom is -0.455 e. The van der Waals surface area contributed by atoms with Crippen LogP contribution in [-0.2, 0) is 14.3 Å². The van der Waals surface area contributed by atoms with E-state index in [0.29, 0.717) is 10.7 Å². The number of amides is 1. The van der Waals surface area contributed by atoms with Crippen LogP contribution in [0, 0.1) is 11.7 Å². The molecular formula is C19H18Cl2FNO3. The summed E-state index contributed by atoms with van der Waals surface area (Å²) in [6.07, 6.45) is 0. The number of carbonyl (C=O) groups is 2. The Morgan fingerprint density at radius 3 is 2.35 bits per heavy atom. The van der Waals surface area contributed by atoms with Gasteiger partial charge in [-0.25, -0.2) is 4.39 Å². The molecule has 0 radical (unpaired) electrons. The van der Waals surface area contributed by atoms with E-state index in [-0.39, 0.29) is 10.9 Å². The van der Waals surface area contributed by atoms with Gasteiger partial charge in [0.05, 0.1) is 10.9 Å². The second-order valence-corrected chi connectivity index (χ2v) is 6.90. The fourth-order valence-corrected chi connectivity index (χ4v) is 2.77. The lowest BCUT2D eigenvalue weighted by molar-refractivity contribution is -0.149. The van der Waals surface area contributed by atoms with E-state index in [4.69, 9.17) is 27.9 Å². The molecule has 1 amide bonds. The first kappa shape index (κ1) is 20.2. The lowest BCUT2D eigenvalue weighted by Gasteiger charge is -2.20. The summed E-state index contributed by atoms with van der Waals surface area (Å²) in [5, 5.41) is 2.96. The van der Waals surface area contributed by atoms with E-state index in [1.807, 2.05) is 13.8 Å². The highest BCUT2D eigenvalue weighted by Crippen LogP contribution is 2.27. The zero-order chi connectivity index (χ0) is 19.3. The topological polar surface area (TPSA) is 55.4 Å². The second kappa shape index (κ2) is 9.01. The molecule has 7 heteroatoms. The Balaban J connectivity index is 1.97. The molecule has 0 fully saturated rings. The summed E-state index contributed by atoms with van der Waals surface area (Å²) >= 11 is 11.5. The maximum absolute atomic E-state index is 13.1. The van der Waals surface area contributed by atoms with Crippen LogP contribution in [0.4, 0.5) is 10.1 Å². The van der Waals surface area contributed by atoms with Crippen LogP contribution in [0.25, 0.3) is 0 Å². The fraction of sp³-hybridized carbons (Fsp3) is 0.263. The largest absolute Gasteiger partial charge is 0.455 e. The summed E-state index contributed by atoms with van der Waals surface area (Å²) in [7, 11) is 0. The Hall–Kier alpha value is -2.11. The van der Waals surface area contributed by atoms with Crippen molar-refractivity contribution in [1.82, 2.24) is 0 Å². The Labute approximate surface area is 161 Å². The average molecular weight is 398 g/mol. The van der Waals surface area contributed by atoms with Gasteiger partial charge in [0.15, 0.2) is 6.61 Å². The third kappa shape index (κ3) is 5.44. The highest BCUT2D eigenvalue weighted by Gasteiger charge is 2.26. The van der Waals surface area contributed by atoms with E-state index in [1.165, 1.54) is 12.1 Å². The maximum Gasteiger partial charge on any atom is 0.314 e. The van der Waals surface area contributed by atoms with Gasteiger partial charge in [0.25, 0.3) is 5.91 Å². The number of ether oxygens (including phenoxy) is 1. The van der Waals surface area contributed by atoms with E-state index >= 15 is 0 Å². The van der Waals surface area contributed by atoms with Crippen LogP contribution >= 0.6 is 23.2 Å². The predicted molar refractivity (Wildman–Crippen MR) is 100 cm³/mol. The molecule has 0 saturated heterocycles. The summed E-state index contributed by atoms with van der Waals surface area (Å²) < 4.78 is 18.3. The number of benzene rings is 2. The number of anilines is 1. The summed E-state index contributed by atoms with van der Waals surface area (Å²) in [5.74, 6) is -2.17. The summed E-state index contributed by atoms with van der Waals surface area (Å²) in [6, 6.07) is 10.7. The molecule has 2 aromatic carbocycles. The SMILES string of the molecule is CC(C)[C@@H](C(=O)OCC(=O)Nc1ccc(F)c(Cl)c1)c1ccc(Cl)cc1. The highest BCUT2D eigenvalue weighted by molar-refractivity contribution is 6.31. The molecular weight excluding hydrogens is 380 g/mol. The number of carbonyl (C=O) groups excluding carboxylic acids is 2. The van der Waals surface area contributed by atoms with Gasteiger partial charge in [-0.05, 0) is 41.8 Å². The van der Waals surface area contributed by atoms with E-state index in [2.05, 4.69) is 5.32 Å². The second-order valence-electron chi connectivity index (χ2n) is 6.06. The average Bonchev–Trinajstić information content (AvgIpc) is 2.58. The molecule has 0 aliphatic carbocycles. The van der Waals surface area contributed by atoms with E-state index in [0.717, 1.165) is 11.6 Å². The van der Waals surface area contributed by atoms with Crippen molar-refractivity contribution in [3.8, 4) is 0 Å². The van der Waals surface area contributed by atoms with Crippen LogP contribution in [0.5, 0.6) is 0 Å². The molecule has 0 heterocycles. The first-order valence-electron chi connectivity index (χ1n) is 7.95. The molecule has 138 valence electrons. The molecule has 0 saturated carbocycles. The quantitative estimate of drug-likeness (QED) is 0.693. The molecule has 26 heavy (non-hydrogen) atoms. The van der Waals surface area contributed by atoms with E-state index in [9.17, 15) is 14.0 Å². The van der Waals surface area contributed by atoms with Crippen molar-refractivity contribution in [2.24, 2.45) is 5.92 Å². The van der Waals surface area contributed by atoms with Crippen molar-refractivity contribution in [2.45, 2.75) is 19.8 Å². The van der Waals surface area contributed by atoms with Crippen molar-refractivity contribution in [1.29, 1.82) is 0 Å². The van der Waals surface area contributed by atoms with Crippen molar-refractivity contribution >= 4 is 40.8 Å². The van der Waals surface area contributed by atoms with Crippen LogP contribution in [0.15, 0.2) is 42.5 Å². The van der Waals surface area contributed by atoms with Crippen LogP contribution in [0.2, 0.25) is 10.0 Å². The third-order valence-corrected chi connectivity index (χ3v) is 4.24. The minimum absolute atomic E-state index is 0.0253. The van der Waals surface area contributed by atoms with Crippen LogP contribution in [-0.4, -0.2) is 18.5 Å². The Morgan fingerprint density at radius 1 is 1.12 bits per heavy atom. The van der Waals surface area contributed by atoms with Gasteiger partial charge in [0.2, 0.25) is 0 Å². The first-order valence-corrected chi connectivity index (χ1v) is 8.70. The Bertz CT molecular complexity index is 794. The normalized spacial score (nSPS) is 11.9. The molecule has 0 aliphatic rings. The third-order valence-electron chi connectivity index (χ3n) is 3.70. The molecule has 0 spiro atoms. The predicted octanol–water partition coefficient (Wildman–Crippen LogP) is 5.05. The monoisotopic (exact) mass is 397 g/mol. The van der Waals surface area contributed by atoms with Gasteiger partial charge in [-0.2, -0.15) is 0 Å².